The molecule has 1 N–H and O–H groups in total. The molecule has 0 radical (unpaired) electrons. The van der Waals surface area contributed by atoms with Crippen molar-refractivity contribution >= 4 is 15.7 Å². The van der Waals surface area contributed by atoms with Crippen LogP contribution in [0.25, 0.3) is 0 Å². The molecule has 1 amide bonds. The van der Waals surface area contributed by atoms with E-state index >= 15 is 0 Å². The van der Waals surface area contributed by atoms with Gasteiger partial charge in [0.1, 0.15) is 0 Å². The second-order valence-corrected chi connectivity index (χ2v) is 12.8. The first-order valence-corrected chi connectivity index (χ1v) is 15.5. The van der Waals surface area contributed by atoms with Gasteiger partial charge in [-0.2, -0.15) is 26.3 Å². The molecule has 44 heavy (non-hydrogen) atoms. The van der Waals surface area contributed by atoms with Gasteiger partial charge in [-0.15, -0.1) is 0 Å². The molecule has 1 saturated heterocycles. The number of alkyl halides is 6. The number of aromatic nitrogens is 2. The van der Waals surface area contributed by atoms with E-state index in [9.17, 15) is 39.6 Å². The molecule has 0 spiro atoms. The molecule has 3 aliphatic rings. The number of pyridine rings is 2. The zero-order chi connectivity index (χ0) is 31.9. The molecule has 1 fully saturated rings. The van der Waals surface area contributed by atoms with Gasteiger partial charge in [-0.05, 0) is 59.7 Å². The van der Waals surface area contributed by atoms with Gasteiger partial charge in [0.05, 0.1) is 34.0 Å². The lowest BCUT2D eigenvalue weighted by Gasteiger charge is -2.26. The third-order valence-corrected chi connectivity index (χ3v) is 8.83. The van der Waals surface area contributed by atoms with Crippen LogP contribution in [0.5, 0.6) is 0 Å². The Balaban J connectivity index is 0.000000245. The third kappa shape index (κ3) is 7.05. The van der Waals surface area contributed by atoms with Crippen LogP contribution in [0.4, 0.5) is 26.3 Å². The van der Waals surface area contributed by atoms with Gasteiger partial charge < -0.3 is 15.0 Å². The van der Waals surface area contributed by atoms with Crippen molar-refractivity contribution in [3.05, 3.63) is 87.5 Å². The molecule has 15 heteroatoms. The molecule has 0 aliphatic carbocycles. The normalized spacial score (nSPS) is 17.1. The summed E-state index contributed by atoms with van der Waals surface area (Å²) in [5, 5.41) is 2.94. The van der Waals surface area contributed by atoms with Crippen LogP contribution in [0, 0.1) is 0 Å². The molecule has 8 nitrogen and oxygen atoms in total. The van der Waals surface area contributed by atoms with E-state index in [2.05, 4.69) is 15.3 Å². The first-order valence-electron chi connectivity index (χ1n) is 13.6. The molecule has 236 valence electrons. The Labute approximate surface area is 249 Å². The number of nitrogens with zero attached hydrogens (tertiary/aromatic N) is 3. The number of amides is 1. The van der Waals surface area contributed by atoms with Crippen molar-refractivity contribution in [2.75, 3.05) is 19.5 Å². The summed E-state index contributed by atoms with van der Waals surface area (Å²) >= 11 is 0. The summed E-state index contributed by atoms with van der Waals surface area (Å²) in [7, 11) is -3.54. The van der Waals surface area contributed by atoms with Crippen LogP contribution < -0.4 is 5.32 Å². The summed E-state index contributed by atoms with van der Waals surface area (Å²) in [6, 6.07) is 6.71. The standard InChI is InChI=1S/C21H21F3N2O4S.C8H7F3N2/c1-31(28,29)16-2-3-17(13-4-6-30-7-5-13)18(9-16)20(27)26-11-14-8-15(21(22,23)24)10-25-19(14)12-26;9-8(10,11)6-1-5-2-12-4-7(5)13-3-6/h2-3,8-10,13H,4-7,11-12H2,1H3;1,3,12H,2,4H2. The van der Waals surface area contributed by atoms with Crippen molar-refractivity contribution in [2.24, 2.45) is 0 Å². The van der Waals surface area contributed by atoms with Crippen LogP contribution in [0.3, 0.4) is 0 Å². The summed E-state index contributed by atoms with van der Waals surface area (Å²) in [5.74, 6) is -0.375. The molecule has 0 saturated carbocycles. The van der Waals surface area contributed by atoms with Gasteiger partial charge in [0.25, 0.3) is 5.91 Å². The van der Waals surface area contributed by atoms with E-state index in [0.29, 0.717) is 61.7 Å². The van der Waals surface area contributed by atoms with Gasteiger partial charge in [-0.3, -0.25) is 14.8 Å². The average molecular weight is 643 g/mol. The van der Waals surface area contributed by atoms with Crippen molar-refractivity contribution < 1.29 is 44.3 Å². The minimum Gasteiger partial charge on any atom is -0.381 e. The van der Waals surface area contributed by atoms with Crippen LogP contribution in [0.15, 0.2) is 47.6 Å². The fourth-order valence-corrected chi connectivity index (χ4v) is 6.01. The fourth-order valence-electron chi connectivity index (χ4n) is 5.37. The van der Waals surface area contributed by atoms with Crippen LogP contribution >= 0.6 is 0 Å². The Bertz CT molecular complexity index is 1670. The molecule has 3 aliphatic heterocycles. The van der Waals surface area contributed by atoms with E-state index in [-0.39, 0.29) is 29.5 Å². The predicted molar refractivity (Wildman–Crippen MR) is 145 cm³/mol. The van der Waals surface area contributed by atoms with Crippen molar-refractivity contribution in [3.8, 4) is 0 Å². The lowest BCUT2D eigenvalue weighted by molar-refractivity contribution is -0.138. The van der Waals surface area contributed by atoms with Gasteiger partial charge in [-0.1, -0.05) is 6.07 Å². The lowest BCUT2D eigenvalue weighted by Crippen LogP contribution is -2.28. The lowest BCUT2D eigenvalue weighted by atomic mass is 9.88. The SMILES string of the molecule is CS(=O)(=O)c1ccc(C2CCOCC2)c(C(=O)N2Cc3cc(C(F)(F)F)cnc3C2)c1.FC(F)(F)c1cnc2c(c1)CNC2. The van der Waals surface area contributed by atoms with Crippen molar-refractivity contribution in [3.63, 3.8) is 0 Å². The van der Waals surface area contributed by atoms with Gasteiger partial charge in [0, 0.05) is 57.1 Å². The zero-order valence-electron chi connectivity index (χ0n) is 23.4. The van der Waals surface area contributed by atoms with E-state index in [0.717, 1.165) is 36.3 Å². The molecular formula is C29H28F6N4O4S. The summed E-state index contributed by atoms with van der Waals surface area (Å²) in [6.45, 7) is 2.20. The maximum absolute atomic E-state index is 13.4. The van der Waals surface area contributed by atoms with Crippen LogP contribution in [-0.2, 0) is 53.1 Å². The second kappa shape index (κ2) is 12.1. The number of nitrogens with one attached hydrogen (secondary N) is 1. The Hall–Kier alpha value is -3.56. The highest BCUT2D eigenvalue weighted by Gasteiger charge is 2.35. The number of sulfone groups is 1. The quantitative estimate of drug-likeness (QED) is 0.389. The highest BCUT2D eigenvalue weighted by atomic mass is 32.2. The molecule has 0 bridgehead atoms. The van der Waals surface area contributed by atoms with Crippen molar-refractivity contribution in [2.45, 2.75) is 62.2 Å². The number of hydrogen-bond acceptors (Lipinski definition) is 7. The number of fused-ring (bicyclic) bond motifs is 2. The number of hydrogen-bond donors (Lipinski definition) is 1. The number of rotatable bonds is 3. The van der Waals surface area contributed by atoms with Crippen molar-refractivity contribution in [1.82, 2.24) is 20.2 Å². The van der Waals surface area contributed by atoms with Gasteiger partial charge in [0.15, 0.2) is 9.84 Å². The number of halogens is 6. The maximum Gasteiger partial charge on any atom is 0.417 e. The van der Waals surface area contributed by atoms with E-state index in [1.54, 1.807) is 6.07 Å². The molecule has 6 rings (SSSR count). The third-order valence-electron chi connectivity index (χ3n) is 7.72. The molecular weight excluding hydrogens is 614 g/mol. The fraction of sp³-hybridized carbons (Fsp3) is 0.414. The first-order chi connectivity index (χ1) is 20.6. The smallest absolute Gasteiger partial charge is 0.381 e. The Kier molecular flexibility index (Phi) is 8.75. The van der Waals surface area contributed by atoms with E-state index in [1.165, 1.54) is 17.0 Å². The monoisotopic (exact) mass is 642 g/mol. The molecule has 3 aromatic rings. The zero-order valence-corrected chi connectivity index (χ0v) is 24.2. The maximum atomic E-state index is 13.4. The second-order valence-electron chi connectivity index (χ2n) is 10.8. The minimum absolute atomic E-state index is 0.0125. The summed E-state index contributed by atoms with van der Waals surface area (Å²) in [6.07, 6.45) is -4.68. The summed E-state index contributed by atoms with van der Waals surface area (Å²) < 4.78 is 105. The highest BCUT2D eigenvalue weighted by Crippen LogP contribution is 2.35. The van der Waals surface area contributed by atoms with E-state index in [1.807, 2.05) is 0 Å². The topological polar surface area (TPSA) is 101 Å². The highest BCUT2D eigenvalue weighted by molar-refractivity contribution is 7.90. The first kappa shape index (κ1) is 31.9. The number of benzene rings is 1. The van der Waals surface area contributed by atoms with Crippen LogP contribution in [-0.4, -0.2) is 48.7 Å². The Morgan fingerprint density at radius 3 is 2.11 bits per heavy atom. The molecule has 0 atom stereocenters. The van der Waals surface area contributed by atoms with E-state index < -0.39 is 39.2 Å². The molecule has 0 unspecified atom stereocenters. The van der Waals surface area contributed by atoms with Crippen LogP contribution in [0.1, 0.15) is 68.3 Å². The van der Waals surface area contributed by atoms with Crippen LogP contribution in [0.2, 0.25) is 0 Å². The van der Waals surface area contributed by atoms with Crippen molar-refractivity contribution in [1.29, 1.82) is 0 Å². The summed E-state index contributed by atoms with van der Waals surface area (Å²) in [4.78, 5) is 22.5. The number of carbonyl (C=O) groups excluding carboxylic acids is 1. The number of carbonyl (C=O) groups is 1. The largest absolute Gasteiger partial charge is 0.417 e. The molecule has 1 aromatic carbocycles. The average Bonchev–Trinajstić information content (AvgIpc) is 3.62. The molecule has 2 aromatic heterocycles. The van der Waals surface area contributed by atoms with Gasteiger partial charge in [-0.25, -0.2) is 8.42 Å². The Morgan fingerprint density at radius 1 is 0.886 bits per heavy atom. The molecule has 5 heterocycles. The van der Waals surface area contributed by atoms with E-state index in [4.69, 9.17) is 4.74 Å². The van der Waals surface area contributed by atoms with Gasteiger partial charge in [0.2, 0.25) is 0 Å². The Morgan fingerprint density at radius 2 is 1.50 bits per heavy atom. The number of ether oxygens (including phenoxy) is 1. The van der Waals surface area contributed by atoms with Gasteiger partial charge >= 0.3 is 12.4 Å². The summed E-state index contributed by atoms with van der Waals surface area (Å²) in [5.41, 5.74) is 1.59. The predicted octanol–water partition coefficient (Wildman–Crippen LogP) is 5.26. The minimum atomic E-state index is -4.51.